The first-order chi connectivity index (χ1) is 7.53. The molecule has 0 radical (unpaired) electrons. The van der Waals surface area contributed by atoms with Crippen molar-refractivity contribution >= 4 is 21.6 Å². The predicted octanol–water partition coefficient (Wildman–Crippen LogP) is 0.858. The highest BCUT2D eigenvalue weighted by molar-refractivity contribution is 7.89. The maximum atomic E-state index is 11.5. The summed E-state index contributed by atoms with van der Waals surface area (Å²) in [7, 11) is -1.41. The Hall–Kier alpha value is -0.590. The van der Waals surface area contributed by atoms with Crippen molar-refractivity contribution in [2.45, 2.75) is 19.4 Å². The molecule has 0 aliphatic carbocycles. The van der Waals surface area contributed by atoms with Gasteiger partial charge in [-0.2, -0.15) is 5.10 Å². The minimum Gasteiger partial charge on any atom is -0.276 e. The van der Waals surface area contributed by atoms with Crippen molar-refractivity contribution < 1.29 is 8.42 Å². The molecule has 0 saturated carbocycles. The standard InChI is InChI=1S/C9H16ClN3O2S/c1-13-6-4-9(12-13)8-11-16(14,15)7-3-2-5-10/h4,6,11H,2-3,5,7-8H2,1H3. The molecule has 0 bridgehead atoms. The summed E-state index contributed by atoms with van der Waals surface area (Å²) in [4.78, 5) is 0. The normalized spacial score (nSPS) is 11.9. The van der Waals surface area contributed by atoms with Gasteiger partial charge in [0, 0.05) is 19.1 Å². The average Bonchev–Trinajstić information content (AvgIpc) is 2.62. The lowest BCUT2D eigenvalue weighted by atomic mass is 10.4. The second kappa shape index (κ2) is 6.22. The molecule has 0 saturated heterocycles. The Morgan fingerprint density at radius 1 is 1.50 bits per heavy atom. The Balaban J connectivity index is 2.36. The van der Waals surface area contributed by atoms with E-state index in [1.165, 1.54) is 0 Å². The van der Waals surface area contributed by atoms with Crippen LogP contribution in [0.1, 0.15) is 18.5 Å². The van der Waals surface area contributed by atoms with Crippen LogP contribution < -0.4 is 4.72 Å². The van der Waals surface area contributed by atoms with E-state index in [1.807, 2.05) is 0 Å². The number of hydrogen-bond donors (Lipinski definition) is 1. The van der Waals surface area contributed by atoms with E-state index in [0.29, 0.717) is 24.4 Å². The van der Waals surface area contributed by atoms with Gasteiger partial charge >= 0.3 is 0 Å². The third-order valence-electron chi connectivity index (χ3n) is 2.04. The Bertz CT molecular complexity index is 416. The molecule has 16 heavy (non-hydrogen) atoms. The summed E-state index contributed by atoms with van der Waals surface area (Å²) < 4.78 is 27.1. The van der Waals surface area contributed by atoms with E-state index in [1.54, 1.807) is 24.0 Å². The van der Waals surface area contributed by atoms with Crippen LogP contribution in [-0.2, 0) is 23.6 Å². The first-order valence-corrected chi connectivity index (χ1v) is 7.24. The van der Waals surface area contributed by atoms with E-state index >= 15 is 0 Å². The molecule has 92 valence electrons. The monoisotopic (exact) mass is 265 g/mol. The summed E-state index contributed by atoms with van der Waals surface area (Å²) in [5, 5.41) is 4.08. The summed E-state index contributed by atoms with van der Waals surface area (Å²) >= 11 is 5.48. The Kier molecular flexibility index (Phi) is 5.24. The van der Waals surface area contributed by atoms with E-state index in [9.17, 15) is 8.42 Å². The molecule has 1 heterocycles. The zero-order valence-corrected chi connectivity index (χ0v) is 10.8. The number of nitrogens with zero attached hydrogens (tertiary/aromatic N) is 2. The summed E-state index contributed by atoms with van der Waals surface area (Å²) in [5.41, 5.74) is 0.711. The fourth-order valence-electron chi connectivity index (χ4n) is 1.20. The maximum absolute atomic E-state index is 11.5. The molecule has 0 aliphatic rings. The van der Waals surface area contributed by atoms with Crippen LogP contribution in [0, 0.1) is 0 Å². The lowest BCUT2D eigenvalue weighted by Gasteiger charge is -2.04. The number of aryl methyl sites for hydroxylation is 1. The Morgan fingerprint density at radius 3 is 2.81 bits per heavy atom. The number of hydrogen-bond acceptors (Lipinski definition) is 3. The van der Waals surface area contributed by atoms with E-state index in [0.717, 1.165) is 0 Å². The van der Waals surface area contributed by atoms with Crippen LogP contribution in [0.15, 0.2) is 12.3 Å². The van der Waals surface area contributed by atoms with E-state index < -0.39 is 10.0 Å². The van der Waals surface area contributed by atoms with Crippen LogP contribution in [0.4, 0.5) is 0 Å². The molecule has 1 rings (SSSR count). The molecule has 1 aromatic heterocycles. The molecule has 1 N–H and O–H groups in total. The van der Waals surface area contributed by atoms with E-state index in [2.05, 4.69) is 9.82 Å². The van der Waals surface area contributed by atoms with Gasteiger partial charge in [-0.25, -0.2) is 13.1 Å². The highest BCUT2D eigenvalue weighted by Gasteiger charge is 2.09. The Morgan fingerprint density at radius 2 is 2.25 bits per heavy atom. The fraction of sp³-hybridized carbons (Fsp3) is 0.667. The van der Waals surface area contributed by atoms with Crippen molar-refractivity contribution in [3.8, 4) is 0 Å². The quantitative estimate of drug-likeness (QED) is 0.587. The molecule has 0 aromatic carbocycles. The molecule has 0 unspecified atom stereocenters. The summed E-state index contributed by atoms with van der Waals surface area (Å²) in [6.07, 6.45) is 3.07. The Labute approximate surface area is 101 Å². The van der Waals surface area contributed by atoms with E-state index in [4.69, 9.17) is 11.6 Å². The van der Waals surface area contributed by atoms with Crippen LogP contribution in [0.2, 0.25) is 0 Å². The molecular weight excluding hydrogens is 250 g/mol. The van der Waals surface area contributed by atoms with Crippen LogP contribution in [-0.4, -0.2) is 29.8 Å². The van der Waals surface area contributed by atoms with Crippen LogP contribution in [0.5, 0.6) is 0 Å². The topological polar surface area (TPSA) is 64.0 Å². The lowest BCUT2D eigenvalue weighted by Crippen LogP contribution is -2.26. The van der Waals surface area contributed by atoms with Gasteiger partial charge < -0.3 is 0 Å². The maximum Gasteiger partial charge on any atom is 0.211 e. The van der Waals surface area contributed by atoms with Crippen LogP contribution >= 0.6 is 11.6 Å². The van der Waals surface area contributed by atoms with Gasteiger partial charge in [0.05, 0.1) is 18.0 Å². The largest absolute Gasteiger partial charge is 0.276 e. The zero-order valence-electron chi connectivity index (χ0n) is 9.19. The van der Waals surface area contributed by atoms with Gasteiger partial charge in [0.15, 0.2) is 0 Å². The first-order valence-electron chi connectivity index (χ1n) is 5.05. The van der Waals surface area contributed by atoms with Crippen LogP contribution in [0.25, 0.3) is 0 Å². The molecular formula is C9H16ClN3O2S. The fourth-order valence-corrected chi connectivity index (χ4v) is 2.49. The molecule has 0 spiro atoms. The van der Waals surface area contributed by atoms with Crippen molar-refractivity contribution in [1.82, 2.24) is 14.5 Å². The number of unbranched alkanes of at least 4 members (excludes halogenated alkanes) is 1. The van der Waals surface area contributed by atoms with Gasteiger partial charge in [-0.05, 0) is 18.9 Å². The molecule has 7 heteroatoms. The number of halogens is 1. The number of nitrogens with one attached hydrogen (secondary N) is 1. The summed E-state index contributed by atoms with van der Waals surface area (Å²) in [5.74, 6) is 0.613. The minimum atomic E-state index is -3.20. The molecule has 0 amide bonds. The van der Waals surface area contributed by atoms with Gasteiger partial charge in [0.25, 0.3) is 0 Å². The molecule has 5 nitrogen and oxygen atoms in total. The second-order valence-electron chi connectivity index (χ2n) is 3.52. The zero-order chi connectivity index (χ0) is 12.0. The number of aromatic nitrogens is 2. The minimum absolute atomic E-state index is 0.118. The smallest absolute Gasteiger partial charge is 0.211 e. The van der Waals surface area contributed by atoms with Crippen molar-refractivity contribution in [3.63, 3.8) is 0 Å². The molecule has 0 atom stereocenters. The molecule has 0 fully saturated rings. The van der Waals surface area contributed by atoms with Gasteiger partial charge in [-0.3, -0.25) is 4.68 Å². The van der Waals surface area contributed by atoms with Crippen molar-refractivity contribution in [2.24, 2.45) is 7.05 Å². The molecule has 0 aliphatic heterocycles. The van der Waals surface area contributed by atoms with Crippen molar-refractivity contribution in [1.29, 1.82) is 0 Å². The second-order valence-corrected chi connectivity index (χ2v) is 5.82. The SMILES string of the molecule is Cn1ccc(CNS(=O)(=O)CCCCCl)n1. The third kappa shape index (κ3) is 4.96. The van der Waals surface area contributed by atoms with Gasteiger partial charge in [0.2, 0.25) is 10.0 Å². The molecule has 1 aromatic rings. The average molecular weight is 266 g/mol. The number of rotatable bonds is 7. The highest BCUT2D eigenvalue weighted by atomic mass is 35.5. The van der Waals surface area contributed by atoms with Crippen molar-refractivity contribution in [2.75, 3.05) is 11.6 Å². The highest BCUT2D eigenvalue weighted by Crippen LogP contribution is 1.99. The predicted molar refractivity (Wildman–Crippen MR) is 63.8 cm³/mol. The van der Waals surface area contributed by atoms with Gasteiger partial charge in [-0.15, -0.1) is 11.6 Å². The number of alkyl halides is 1. The summed E-state index contributed by atoms with van der Waals surface area (Å²) in [6, 6.07) is 1.78. The van der Waals surface area contributed by atoms with Gasteiger partial charge in [0.1, 0.15) is 0 Å². The van der Waals surface area contributed by atoms with Gasteiger partial charge in [-0.1, -0.05) is 0 Å². The lowest BCUT2D eigenvalue weighted by molar-refractivity contribution is 0.576. The van der Waals surface area contributed by atoms with E-state index in [-0.39, 0.29) is 12.3 Å². The summed E-state index contributed by atoms with van der Waals surface area (Å²) in [6.45, 7) is 0.240. The van der Waals surface area contributed by atoms with Crippen molar-refractivity contribution in [3.05, 3.63) is 18.0 Å². The third-order valence-corrected chi connectivity index (χ3v) is 3.72. The van der Waals surface area contributed by atoms with Crippen LogP contribution in [0.3, 0.4) is 0 Å². The first kappa shape index (κ1) is 13.5. The number of sulfonamides is 1.